The van der Waals surface area contributed by atoms with E-state index in [1.807, 2.05) is 6.07 Å². The lowest BCUT2D eigenvalue weighted by Gasteiger charge is -2.07. The minimum absolute atomic E-state index is 0.417. The predicted molar refractivity (Wildman–Crippen MR) is 68.2 cm³/mol. The first-order valence-corrected chi connectivity index (χ1v) is 5.84. The van der Waals surface area contributed by atoms with E-state index < -0.39 is 0 Å². The molecule has 2 rings (SSSR count). The summed E-state index contributed by atoms with van der Waals surface area (Å²) in [7, 11) is 0. The van der Waals surface area contributed by atoms with Crippen molar-refractivity contribution in [3.63, 3.8) is 0 Å². The number of ether oxygens (including phenoxy) is 1. The summed E-state index contributed by atoms with van der Waals surface area (Å²) in [5, 5.41) is 9.46. The van der Waals surface area contributed by atoms with Crippen molar-refractivity contribution in [2.75, 3.05) is 0 Å². The lowest BCUT2D eigenvalue weighted by atomic mass is 10.2. The Labute approximate surface area is 112 Å². The first-order valence-electron chi connectivity index (χ1n) is 4.67. The molecule has 1 heterocycles. The second-order valence-corrected chi connectivity index (χ2v) is 4.55. The van der Waals surface area contributed by atoms with E-state index in [2.05, 4.69) is 20.9 Å². The second kappa shape index (κ2) is 5.17. The number of halogens is 2. The van der Waals surface area contributed by atoms with Crippen LogP contribution in [0, 0.1) is 11.3 Å². The summed E-state index contributed by atoms with van der Waals surface area (Å²) in [5.41, 5.74) is 0.425. The normalized spacial score (nSPS) is 9.71. The summed E-state index contributed by atoms with van der Waals surface area (Å²) in [4.78, 5) is 3.97. The zero-order valence-electron chi connectivity index (χ0n) is 8.52. The minimum atomic E-state index is 0.417. The third-order valence-electron chi connectivity index (χ3n) is 1.97. The standard InChI is InChI=1S/C12H6BrClN2O/c13-9-3-11(7-16-6-9)17-12-4-10(14)2-1-8(12)5-15/h1-4,6-7H. The van der Waals surface area contributed by atoms with E-state index in [1.54, 1.807) is 36.7 Å². The Hall–Kier alpha value is -1.57. The van der Waals surface area contributed by atoms with Gasteiger partial charge in [0.05, 0.1) is 11.8 Å². The van der Waals surface area contributed by atoms with Gasteiger partial charge in [0.15, 0.2) is 0 Å². The maximum atomic E-state index is 8.94. The second-order valence-electron chi connectivity index (χ2n) is 3.19. The van der Waals surface area contributed by atoms with Crippen molar-refractivity contribution in [1.82, 2.24) is 4.98 Å². The van der Waals surface area contributed by atoms with Crippen LogP contribution < -0.4 is 4.74 Å². The molecule has 0 aliphatic rings. The maximum absolute atomic E-state index is 8.94. The first kappa shape index (κ1) is 11.9. The Balaban J connectivity index is 2.36. The number of hydrogen-bond acceptors (Lipinski definition) is 3. The molecular formula is C12H6BrClN2O. The number of pyridine rings is 1. The number of rotatable bonds is 2. The van der Waals surface area contributed by atoms with E-state index >= 15 is 0 Å². The Kier molecular flexibility index (Phi) is 3.62. The summed E-state index contributed by atoms with van der Waals surface area (Å²) in [6, 6.07) is 8.66. The van der Waals surface area contributed by atoms with Gasteiger partial charge in [-0.1, -0.05) is 11.6 Å². The van der Waals surface area contributed by atoms with E-state index in [4.69, 9.17) is 21.6 Å². The molecule has 0 saturated carbocycles. The van der Waals surface area contributed by atoms with E-state index in [0.29, 0.717) is 22.1 Å². The van der Waals surface area contributed by atoms with Crippen molar-refractivity contribution < 1.29 is 4.74 Å². The van der Waals surface area contributed by atoms with Gasteiger partial charge in [-0.2, -0.15) is 5.26 Å². The molecule has 1 aromatic carbocycles. The van der Waals surface area contributed by atoms with Gasteiger partial charge in [0.25, 0.3) is 0 Å². The lowest BCUT2D eigenvalue weighted by Crippen LogP contribution is -1.89. The highest BCUT2D eigenvalue weighted by atomic mass is 79.9. The summed E-state index contributed by atoms with van der Waals surface area (Å²) >= 11 is 9.15. The average Bonchev–Trinajstić information content (AvgIpc) is 2.29. The zero-order chi connectivity index (χ0) is 12.3. The van der Waals surface area contributed by atoms with Crippen molar-refractivity contribution in [3.8, 4) is 17.6 Å². The molecule has 1 aromatic heterocycles. The molecule has 0 radical (unpaired) electrons. The molecular weight excluding hydrogens is 304 g/mol. The quantitative estimate of drug-likeness (QED) is 0.836. The zero-order valence-corrected chi connectivity index (χ0v) is 10.9. The van der Waals surface area contributed by atoms with E-state index in [1.165, 1.54) is 0 Å². The summed E-state index contributed by atoms with van der Waals surface area (Å²) in [6.45, 7) is 0. The third kappa shape index (κ3) is 2.96. The fraction of sp³-hybridized carbons (Fsp3) is 0. The lowest BCUT2D eigenvalue weighted by molar-refractivity contribution is 0.478. The van der Waals surface area contributed by atoms with Crippen LogP contribution in [0.5, 0.6) is 11.5 Å². The van der Waals surface area contributed by atoms with Crippen LogP contribution in [0.25, 0.3) is 0 Å². The van der Waals surface area contributed by atoms with Crippen LogP contribution in [0.2, 0.25) is 5.02 Å². The summed E-state index contributed by atoms with van der Waals surface area (Å²) in [6.07, 6.45) is 3.21. The van der Waals surface area contributed by atoms with Gasteiger partial charge >= 0.3 is 0 Å². The Morgan fingerprint density at radius 2 is 2.12 bits per heavy atom. The van der Waals surface area contributed by atoms with Crippen molar-refractivity contribution >= 4 is 27.5 Å². The molecule has 3 nitrogen and oxygen atoms in total. The largest absolute Gasteiger partial charge is 0.454 e. The first-order chi connectivity index (χ1) is 8.19. The van der Waals surface area contributed by atoms with E-state index in [-0.39, 0.29) is 0 Å². The van der Waals surface area contributed by atoms with Crippen LogP contribution in [-0.4, -0.2) is 4.98 Å². The van der Waals surface area contributed by atoms with Crippen molar-refractivity contribution in [1.29, 1.82) is 5.26 Å². The van der Waals surface area contributed by atoms with Crippen LogP contribution in [0.15, 0.2) is 41.1 Å². The van der Waals surface area contributed by atoms with Crippen LogP contribution in [0.1, 0.15) is 5.56 Å². The monoisotopic (exact) mass is 308 g/mol. The van der Waals surface area contributed by atoms with Gasteiger partial charge in [-0.05, 0) is 34.1 Å². The molecule has 0 atom stereocenters. The Morgan fingerprint density at radius 3 is 2.82 bits per heavy atom. The number of nitriles is 1. The Bertz CT molecular complexity index is 595. The van der Waals surface area contributed by atoms with Crippen LogP contribution >= 0.6 is 27.5 Å². The fourth-order valence-electron chi connectivity index (χ4n) is 1.25. The predicted octanol–water partition coefficient (Wildman–Crippen LogP) is 4.16. The van der Waals surface area contributed by atoms with Gasteiger partial charge in [-0.15, -0.1) is 0 Å². The summed E-state index contributed by atoms with van der Waals surface area (Å²) in [5.74, 6) is 0.957. The van der Waals surface area contributed by atoms with Crippen LogP contribution in [0.3, 0.4) is 0 Å². The third-order valence-corrected chi connectivity index (χ3v) is 2.64. The van der Waals surface area contributed by atoms with Gasteiger partial charge in [0, 0.05) is 21.8 Å². The number of hydrogen-bond donors (Lipinski definition) is 0. The average molecular weight is 310 g/mol. The molecule has 0 aliphatic carbocycles. The number of aromatic nitrogens is 1. The number of nitrogens with zero attached hydrogens (tertiary/aromatic N) is 2. The smallest absolute Gasteiger partial charge is 0.146 e. The van der Waals surface area contributed by atoms with Crippen LogP contribution in [-0.2, 0) is 0 Å². The fourth-order valence-corrected chi connectivity index (χ4v) is 1.75. The van der Waals surface area contributed by atoms with E-state index in [0.717, 1.165) is 4.47 Å². The molecule has 0 amide bonds. The van der Waals surface area contributed by atoms with Gasteiger partial charge in [-0.25, -0.2) is 0 Å². The molecule has 0 unspecified atom stereocenters. The molecule has 0 spiro atoms. The SMILES string of the molecule is N#Cc1ccc(Cl)cc1Oc1cncc(Br)c1. The van der Waals surface area contributed by atoms with Crippen molar-refractivity contribution in [2.24, 2.45) is 0 Å². The van der Waals surface area contributed by atoms with Crippen LogP contribution in [0.4, 0.5) is 0 Å². The van der Waals surface area contributed by atoms with E-state index in [9.17, 15) is 0 Å². The molecule has 0 fully saturated rings. The molecule has 0 saturated heterocycles. The van der Waals surface area contributed by atoms with Crippen molar-refractivity contribution in [3.05, 3.63) is 51.7 Å². The highest BCUT2D eigenvalue weighted by molar-refractivity contribution is 9.10. The maximum Gasteiger partial charge on any atom is 0.146 e. The molecule has 17 heavy (non-hydrogen) atoms. The molecule has 5 heteroatoms. The minimum Gasteiger partial charge on any atom is -0.454 e. The molecule has 2 aromatic rings. The highest BCUT2D eigenvalue weighted by Crippen LogP contribution is 2.28. The topological polar surface area (TPSA) is 45.9 Å². The van der Waals surface area contributed by atoms with Gasteiger partial charge in [0.2, 0.25) is 0 Å². The Morgan fingerprint density at radius 1 is 1.29 bits per heavy atom. The molecule has 0 N–H and O–H groups in total. The molecule has 0 bridgehead atoms. The van der Waals surface area contributed by atoms with Gasteiger partial charge in [-0.3, -0.25) is 4.98 Å². The molecule has 0 aliphatic heterocycles. The molecule has 84 valence electrons. The van der Waals surface area contributed by atoms with Gasteiger partial charge in [0.1, 0.15) is 17.6 Å². The van der Waals surface area contributed by atoms with Crippen molar-refractivity contribution in [2.45, 2.75) is 0 Å². The number of benzene rings is 1. The highest BCUT2D eigenvalue weighted by Gasteiger charge is 2.06. The van der Waals surface area contributed by atoms with Gasteiger partial charge < -0.3 is 4.74 Å². The summed E-state index contributed by atoms with van der Waals surface area (Å²) < 4.78 is 6.36.